The minimum atomic E-state index is -0.396. The van der Waals surface area contributed by atoms with Crippen LogP contribution in [-0.4, -0.2) is 28.5 Å². The first-order valence-electron chi connectivity index (χ1n) is 3.19. The van der Waals surface area contributed by atoms with Gasteiger partial charge < -0.3 is 0 Å². The second-order valence-corrected chi connectivity index (χ2v) is 2.82. The highest BCUT2D eigenvalue weighted by Crippen LogP contribution is 2.16. The van der Waals surface area contributed by atoms with Crippen molar-refractivity contribution >= 4 is 24.4 Å². The Morgan fingerprint density at radius 2 is 2.30 bits per heavy atom. The molecule has 1 aliphatic heterocycles. The molecule has 0 aliphatic carbocycles. The van der Waals surface area contributed by atoms with Crippen LogP contribution in [0.4, 0.5) is 0 Å². The second kappa shape index (κ2) is 2.62. The molecule has 1 rings (SSSR count). The van der Waals surface area contributed by atoms with Crippen molar-refractivity contribution in [2.45, 2.75) is 18.6 Å². The monoisotopic (exact) mass is 159 g/mol. The van der Waals surface area contributed by atoms with Gasteiger partial charge in [-0.25, -0.2) is 0 Å². The Morgan fingerprint density at radius 3 is 2.50 bits per heavy atom. The number of carbonyl (C=O) groups excluding carboxylic acids is 2. The zero-order valence-corrected chi connectivity index (χ0v) is 6.60. The van der Waals surface area contributed by atoms with E-state index in [9.17, 15) is 9.59 Å². The molecule has 3 nitrogen and oxygen atoms in total. The molecule has 56 valence electrons. The van der Waals surface area contributed by atoms with E-state index in [0.29, 0.717) is 6.54 Å². The lowest BCUT2D eigenvalue weighted by molar-refractivity contribution is -0.137. The van der Waals surface area contributed by atoms with E-state index in [1.807, 2.05) is 0 Å². The van der Waals surface area contributed by atoms with Crippen molar-refractivity contribution in [1.82, 2.24) is 4.90 Å². The summed E-state index contributed by atoms with van der Waals surface area (Å²) in [4.78, 5) is 23.1. The van der Waals surface area contributed by atoms with Crippen LogP contribution in [0, 0.1) is 0 Å². The number of hydrogen-bond acceptors (Lipinski definition) is 3. The van der Waals surface area contributed by atoms with Crippen LogP contribution in [0.2, 0.25) is 0 Å². The van der Waals surface area contributed by atoms with Gasteiger partial charge in [0.05, 0.1) is 5.25 Å². The van der Waals surface area contributed by atoms with Gasteiger partial charge in [-0.05, 0) is 6.92 Å². The molecule has 2 amide bonds. The highest BCUT2D eigenvalue weighted by Gasteiger charge is 2.34. The van der Waals surface area contributed by atoms with Crippen LogP contribution in [0.15, 0.2) is 0 Å². The van der Waals surface area contributed by atoms with E-state index in [2.05, 4.69) is 12.6 Å². The fourth-order valence-electron chi connectivity index (χ4n) is 0.998. The summed E-state index contributed by atoms with van der Waals surface area (Å²) in [6.45, 7) is 2.25. The highest BCUT2D eigenvalue weighted by atomic mass is 32.1. The number of carbonyl (C=O) groups is 2. The van der Waals surface area contributed by atoms with E-state index in [1.165, 1.54) is 4.90 Å². The van der Waals surface area contributed by atoms with E-state index >= 15 is 0 Å². The Balaban J connectivity index is 2.74. The Hall–Kier alpha value is -0.510. The van der Waals surface area contributed by atoms with Gasteiger partial charge in [-0.2, -0.15) is 12.6 Å². The van der Waals surface area contributed by atoms with E-state index in [4.69, 9.17) is 0 Å². The Kier molecular flexibility index (Phi) is 1.99. The molecule has 1 aliphatic rings. The summed E-state index contributed by atoms with van der Waals surface area (Å²) in [6, 6.07) is 0. The average molecular weight is 159 g/mol. The predicted octanol–water partition coefficient (Wildman–Crippen LogP) is 0.0636. The number of amides is 2. The molecule has 0 saturated carbocycles. The molecular weight excluding hydrogens is 150 g/mol. The molecule has 1 atom stereocenters. The molecule has 1 fully saturated rings. The van der Waals surface area contributed by atoms with Gasteiger partial charge in [-0.3, -0.25) is 14.5 Å². The van der Waals surface area contributed by atoms with Crippen LogP contribution in [0.25, 0.3) is 0 Å². The molecular formula is C6H9NO2S. The summed E-state index contributed by atoms with van der Waals surface area (Å²) in [5, 5.41) is -0.396. The summed E-state index contributed by atoms with van der Waals surface area (Å²) in [7, 11) is 0. The molecule has 10 heavy (non-hydrogen) atoms. The number of imide groups is 1. The third-order valence-corrected chi connectivity index (χ3v) is 1.94. The smallest absolute Gasteiger partial charge is 0.242 e. The Labute approximate surface area is 64.8 Å². The molecule has 0 aromatic carbocycles. The SMILES string of the molecule is CCN1C(=O)C[C@H](S)C1=O. The first kappa shape index (κ1) is 7.60. The summed E-state index contributed by atoms with van der Waals surface area (Å²) in [5.74, 6) is -0.261. The summed E-state index contributed by atoms with van der Waals surface area (Å²) >= 11 is 3.95. The Morgan fingerprint density at radius 1 is 1.70 bits per heavy atom. The lowest BCUT2D eigenvalue weighted by Gasteiger charge is -2.08. The van der Waals surface area contributed by atoms with Crippen molar-refractivity contribution in [1.29, 1.82) is 0 Å². The number of nitrogens with zero attached hydrogens (tertiary/aromatic N) is 1. The molecule has 0 N–H and O–H groups in total. The topological polar surface area (TPSA) is 37.4 Å². The molecule has 0 unspecified atom stereocenters. The largest absolute Gasteiger partial charge is 0.282 e. The van der Waals surface area contributed by atoms with Gasteiger partial charge >= 0.3 is 0 Å². The van der Waals surface area contributed by atoms with Crippen molar-refractivity contribution in [3.8, 4) is 0 Å². The lowest BCUT2D eigenvalue weighted by Crippen LogP contribution is -2.30. The molecule has 1 heterocycles. The fraction of sp³-hybridized carbons (Fsp3) is 0.667. The van der Waals surface area contributed by atoms with E-state index < -0.39 is 5.25 Å². The molecule has 4 heteroatoms. The van der Waals surface area contributed by atoms with Crippen LogP contribution in [0.3, 0.4) is 0 Å². The van der Waals surface area contributed by atoms with Gasteiger partial charge in [-0.15, -0.1) is 0 Å². The van der Waals surface area contributed by atoms with Gasteiger partial charge in [0.25, 0.3) is 0 Å². The van der Waals surface area contributed by atoms with Crippen molar-refractivity contribution in [2.24, 2.45) is 0 Å². The second-order valence-electron chi connectivity index (χ2n) is 2.20. The van der Waals surface area contributed by atoms with Crippen LogP contribution >= 0.6 is 12.6 Å². The number of rotatable bonds is 1. The minimum Gasteiger partial charge on any atom is -0.282 e. The highest BCUT2D eigenvalue weighted by molar-refractivity contribution is 7.81. The number of thiol groups is 1. The normalized spacial score (nSPS) is 26.2. The molecule has 0 spiro atoms. The van der Waals surface area contributed by atoms with Crippen molar-refractivity contribution in [3.63, 3.8) is 0 Å². The van der Waals surface area contributed by atoms with E-state index in [1.54, 1.807) is 6.92 Å². The molecule has 0 bridgehead atoms. The van der Waals surface area contributed by atoms with E-state index in [-0.39, 0.29) is 18.2 Å². The lowest BCUT2D eigenvalue weighted by atomic mass is 10.4. The summed E-state index contributed by atoms with van der Waals surface area (Å²) in [5.41, 5.74) is 0. The van der Waals surface area contributed by atoms with Crippen LogP contribution in [0.1, 0.15) is 13.3 Å². The molecule has 0 aromatic rings. The van der Waals surface area contributed by atoms with Crippen LogP contribution < -0.4 is 0 Å². The van der Waals surface area contributed by atoms with Gasteiger partial charge in [0.15, 0.2) is 0 Å². The first-order chi connectivity index (χ1) is 4.66. The standard InChI is InChI=1S/C6H9NO2S/c1-2-7-5(8)3-4(10)6(7)9/h4,10H,2-3H2,1H3/t4-/m0/s1. The van der Waals surface area contributed by atoms with Crippen LogP contribution in [0.5, 0.6) is 0 Å². The number of hydrogen-bond donors (Lipinski definition) is 1. The predicted molar refractivity (Wildman–Crippen MR) is 39.8 cm³/mol. The Bertz CT molecular complexity index is 181. The van der Waals surface area contributed by atoms with Crippen molar-refractivity contribution in [2.75, 3.05) is 6.54 Å². The zero-order valence-electron chi connectivity index (χ0n) is 5.70. The first-order valence-corrected chi connectivity index (χ1v) is 3.70. The van der Waals surface area contributed by atoms with Crippen molar-refractivity contribution in [3.05, 3.63) is 0 Å². The van der Waals surface area contributed by atoms with Gasteiger partial charge in [0.1, 0.15) is 0 Å². The van der Waals surface area contributed by atoms with Gasteiger partial charge in [-0.1, -0.05) is 0 Å². The summed E-state index contributed by atoms with van der Waals surface area (Å²) < 4.78 is 0. The van der Waals surface area contributed by atoms with E-state index in [0.717, 1.165) is 0 Å². The molecule has 1 saturated heterocycles. The number of likely N-dealkylation sites (tertiary alicyclic amines) is 1. The maximum Gasteiger partial charge on any atom is 0.242 e. The summed E-state index contributed by atoms with van der Waals surface area (Å²) in [6.07, 6.45) is 0.260. The van der Waals surface area contributed by atoms with Crippen LogP contribution in [-0.2, 0) is 9.59 Å². The third-order valence-electron chi connectivity index (χ3n) is 1.54. The average Bonchev–Trinajstić information content (AvgIpc) is 2.09. The fourth-order valence-corrected chi connectivity index (χ4v) is 1.29. The zero-order chi connectivity index (χ0) is 7.72. The van der Waals surface area contributed by atoms with Crippen molar-refractivity contribution < 1.29 is 9.59 Å². The van der Waals surface area contributed by atoms with Gasteiger partial charge in [0, 0.05) is 13.0 Å². The van der Waals surface area contributed by atoms with Gasteiger partial charge in [0.2, 0.25) is 11.8 Å². The molecule has 0 aromatic heterocycles. The minimum absolute atomic E-state index is 0.104. The third kappa shape index (κ3) is 1.03. The maximum atomic E-state index is 11.0. The maximum absolute atomic E-state index is 11.0. The molecule has 0 radical (unpaired) electrons. The quantitative estimate of drug-likeness (QED) is 0.434.